The van der Waals surface area contributed by atoms with Gasteiger partial charge in [-0.25, -0.2) is 8.42 Å². The lowest BCUT2D eigenvalue weighted by Gasteiger charge is -2.37. The quantitative estimate of drug-likeness (QED) is 0.693. The maximum atomic E-state index is 13.0. The van der Waals surface area contributed by atoms with Crippen LogP contribution in [-0.4, -0.2) is 55.4 Å². The number of nitrogens with zero attached hydrogens (tertiary/aromatic N) is 4. The molecule has 0 unspecified atom stereocenters. The molecule has 0 bridgehead atoms. The largest absolute Gasteiger partial charge is 0.360 e. The average molecular weight is 382 g/mol. The van der Waals surface area contributed by atoms with Crippen molar-refractivity contribution in [1.29, 1.82) is 5.26 Å². The Morgan fingerprint density at radius 3 is 2.65 bits per heavy atom. The molecule has 1 fully saturated rings. The molecule has 0 saturated carbocycles. The topological polar surface area (TPSA) is 108 Å². The number of rotatable bonds is 6. The zero-order valence-corrected chi connectivity index (χ0v) is 16.5. The van der Waals surface area contributed by atoms with Crippen molar-refractivity contribution in [3.05, 3.63) is 11.5 Å². The highest BCUT2D eigenvalue weighted by Crippen LogP contribution is 2.33. The first kappa shape index (κ1) is 20.4. The predicted molar refractivity (Wildman–Crippen MR) is 94.5 cm³/mol. The lowest BCUT2D eigenvalue weighted by atomic mass is 9.82. The van der Waals surface area contributed by atoms with Crippen molar-refractivity contribution in [3.63, 3.8) is 0 Å². The smallest absolute Gasteiger partial charge is 0.248 e. The van der Waals surface area contributed by atoms with Crippen LogP contribution in [0.4, 0.5) is 0 Å². The van der Waals surface area contributed by atoms with E-state index in [1.807, 2.05) is 13.0 Å². The molecule has 1 amide bonds. The van der Waals surface area contributed by atoms with Crippen LogP contribution in [0.25, 0.3) is 0 Å². The van der Waals surface area contributed by atoms with Gasteiger partial charge in [0, 0.05) is 26.6 Å². The second-order valence-electron chi connectivity index (χ2n) is 6.85. The molecular weight excluding hydrogens is 356 g/mol. The Kier molecular flexibility index (Phi) is 6.42. The Labute approximate surface area is 154 Å². The normalized spacial score (nSPS) is 21.3. The van der Waals surface area contributed by atoms with E-state index in [1.165, 1.54) is 9.21 Å². The fourth-order valence-corrected chi connectivity index (χ4v) is 5.35. The van der Waals surface area contributed by atoms with Gasteiger partial charge in [0.15, 0.2) is 5.76 Å². The number of aromatic nitrogens is 1. The first-order valence-corrected chi connectivity index (χ1v) is 10.2. The summed E-state index contributed by atoms with van der Waals surface area (Å²) in [4.78, 5) is 13.8. The van der Waals surface area contributed by atoms with Crippen molar-refractivity contribution < 1.29 is 17.7 Å². The molecule has 1 aliphatic heterocycles. The molecule has 1 aromatic heterocycles. The predicted octanol–water partition coefficient (Wildman–Crippen LogP) is 1.70. The third-order valence-electron chi connectivity index (χ3n) is 5.11. The molecule has 0 spiro atoms. The summed E-state index contributed by atoms with van der Waals surface area (Å²) in [6.45, 7) is 6.03. The van der Waals surface area contributed by atoms with E-state index >= 15 is 0 Å². The number of carbonyl (C=O) groups is 1. The lowest BCUT2D eigenvalue weighted by Crippen LogP contribution is -2.45. The first-order valence-electron chi connectivity index (χ1n) is 8.76. The second-order valence-corrected chi connectivity index (χ2v) is 8.72. The maximum absolute atomic E-state index is 13.0. The van der Waals surface area contributed by atoms with Gasteiger partial charge in [0.05, 0.1) is 6.07 Å². The average Bonchev–Trinajstić information content (AvgIpc) is 2.94. The van der Waals surface area contributed by atoms with E-state index < -0.39 is 10.0 Å². The fourth-order valence-electron chi connectivity index (χ4n) is 3.54. The molecule has 26 heavy (non-hydrogen) atoms. The van der Waals surface area contributed by atoms with Crippen LogP contribution >= 0.6 is 0 Å². The fraction of sp³-hybridized carbons (Fsp3) is 0.706. The summed E-state index contributed by atoms with van der Waals surface area (Å²) in [7, 11) is -2.05. The number of hydrogen-bond donors (Lipinski definition) is 0. The van der Waals surface area contributed by atoms with E-state index in [-0.39, 0.29) is 29.2 Å². The number of piperidine rings is 1. The van der Waals surface area contributed by atoms with Crippen LogP contribution in [-0.2, 0) is 14.8 Å². The summed E-state index contributed by atoms with van der Waals surface area (Å²) in [5, 5.41) is 12.5. The Morgan fingerprint density at radius 1 is 1.42 bits per heavy atom. The molecule has 1 aromatic rings. The minimum absolute atomic E-state index is 0.0644. The van der Waals surface area contributed by atoms with Crippen molar-refractivity contribution in [2.24, 2.45) is 11.8 Å². The van der Waals surface area contributed by atoms with Crippen molar-refractivity contribution in [3.8, 4) is 6.07 Å². The van der Waals surface area contributed by atoms with Crippen LogP contribution in [0.5, 0.6) is 0 Å². The highest BCUT2D eigenvalue weighted by atomic mass is 32.2. The summed E-state index contributed by atoms with van der Waals surface area (Å²) in [5.74, 6) is 0.436. The van der Waals surface area contributed by atoms with Crippen molar-refractivity contribution in [1.82, 2.24) is 14.4 Å². The van der Waals surface area contributed by atoms with Gasteiger partial charge in [-0.15, -0.1) is 0 Å². The molecule has 144 valence electrons. The minimum atomic E-state index is -3.66. The maximum Gasteiger partial charge on any atom is 0.248 e. The van der Waals surface area contributed by atoms with Gasteiger partial charge in [-0.2, -0.15) is 9.57 Å². The molecule has 0 radical (unpaired) electrons. The van der Waals surface area contributed by atoms with E-state index in [4.69, 9.17) is 9.78 Å². The third-order valence-corrected chi connectivity index (χ3v) is 7.22. The lowest BCUT2D eigenvalue weighted by molar-refractivity contribution is -0.131. The minimum Gasteiger partial charge on any atom is -0.360 e. The molecule has 0 N–H and O–H groups in total. The van der Waals surface area contributed by atoms with Crippen LogP contribution in [0.2, 0.25) is 0 Å². The van der Waals surface area contributed by atoms with Crippen LogP contribution in [0.3, 0.4) is 0 Å². The number of hydrogen-bond acceptors (Lipinski definition) is 6. The van der Waals surface area contributed by atoms with Crippen molar-refractivity contribution in [2.75, 3.05) is 26.7 Å². The van der Waals surface area contributed by atoms with Crippen molar-refractivity contribution >= 4 is 15.9 Å². The van der Waals surface area contributed by atoms with Crippen molar-refractivity contribution in [2.45, 2.75) is 44.9 Å². The summed E-state index contributed by atoms with van der Waals surface area (Å²) < 4.78 is 32.5. The highest BCUT2D eigenvalue weighted by molar-refractivity contribution is 7.89. The van der Waals surface area contributed by atoms with Gasteiger partial charge >= 0.3 is 0 Å². The molecular formula is C17H26N4O4S. The monoisotopic (exact) mass is 382 g/mol. The van der Waals surface area contributed by atoms with Crippen LogP contribution in [0, 0.1) is 37.0 Å². The van der Waals surface area contributed by atoms with E-state index in [2.05, 4.69) is 5.16 Å². The molecule has 2 rings (SSSR count). The first-order chi connectivity index (χ1) is 12.2. The summed E-state index contributed by atoms with van der Waals surface area (Å²) >= 11 is 0. The number of nitriles is 1. The van der Waals surface area contributed by atoms with Gasteiger partial charge in [0.1, 0.15) is 17.1 Å². The molecule has 8 nitrogen and oxygen atoms in total. The number of amides is 1. The summed E-state index contributed by atoms with van der Waals surface area (Å²) in [6.07, 6.45) is 1.75. The molecule has 1 aliphatic rings. The Balaban J connectivity index is 2.12. The molecule has 0 aromatic carbocycles. The Bertz CT molecular complexity index is 777. The Hall–Kier alpha value is -1.92. The summed E-state index contributed by atoms with van der Waals surface area (Å²) in [6, 6.07) is 1.97. The van der Waals surface area contributed by atoms with Crippen LogP contribution in [0.15, 0.2) is 9.42 Å². The Morgan fingerprint density at radius 2 is 2.12 bits per heavy atom. The summed E-state index contributed by atoms with van der Waals surface area (Å²) in [5.41, 5.74) is 0.367. The number of sulfonamides is 1. The number of carbonyl (C=O) groups excluding carboxylic acids is 1. The van der Waals surface area contributed by atoms with Gasteiger partial charge in [0.2, 0.25) is 15.9 Å². The molecule has 1 saturated heterocycles. The van der Waals surface area contributed by atoms with Gasteiger partial charge < -0.3 is 9.42 Å². The SMILES string of the molecule is CC[C@@H]1CN(S(=O)(=O)c2c(C)noc2C)CC[C@H]1CC(=O)N(C)CC#N. The third kappa shape index (κ3) is 4.07. The van der Waals surface area contributed by atoms with Gasteiger partial charge in [-0.3, -0.25) is 4.79 Å². The zero-order chi connectivity index (χ0) is 19.5. The molecule has 9 heteroatoms. The zero-order valence-electron chi connectivity index (χ0n) is 15.7. The van der Waals surface area contributed by atoms with E-state index in [0.717, 1.165) is 6.42 Å². The van der Waals surface area contributed by atoms with Gasteiger partial charge in [0.25, 0.3) is 0 Å². The van der Waals surface area contributed by atoms with Gasteiger partial charge in [-0.05, 0) is 32.1 Å². The standard InChI is InChI=1S/C17H26N4O4S/c1-5-14-11-21(26(23,24)17-12(2)19-25-13(17)3)8-6-15(14)10-16(22)20(4)9-7-18/h14-15H,5-6,8-11H2,1-4H3/t14-,15+/m1/s1. The van der Waals surface area contributed by atoms with E-state index in [1.54, 1.807) is 20.9 Å². The molecule has 2 atom stereocenters. The highest BCUT2D eigenvalue weighted by Gasteiger charge is 2.38. The van der Waals surface area contributed by atoms with E-state index in [9.17, 15) is 13.2 Å². The van der Waals surface area contributed by atoms with E-state index in [0.29, 0.717) is 37.4 Å². The second kappa shape index (κ2) is 8.18. The van der Waals surface area contributed by atoms with Crippen LogP contribution in [0.1, 0.15) is 37.6 Å². The number of aryl methyl sites for hydroxylation is 2. The van der Waals surface area contributed by atoms with Gasteiger partial charge in [-0.1, -0.05) is 18.5 Å². The van der Waals surface area contributed by atoms with Crippen LogP contribution < -0.4 is 0 Å². The molecule has 0 aliphatic carbocycles. The molecule has 2 heterocycles.